The minimum atomic E-state index is -1.06. The van der Waals surface area contributed by atoms with Crippen molar-refractivity contribution in [2.24, 2.45) is 0 Å². The van der Waals surface area contributed by atoms with Crippen LogP contribution in [0.3, 0.4) is 0 Å². The summed E-state index contributed by atoms with van der Waals surface area (Å²) in [7, 11) is 0. The summed E-state index contributed by atoms with van der Waals surface area (Å²) in [5.41, 5.74) is 0.832. The van der Waals surface area contributed by atoms with E-state index < -0.39 is 12.0 Å². The van der Waals surface area contributed by atoms with Gasteiger partial charge < -0.3 is 10.4 Å². The summed E-state index contributed by atoms with van der Waals surface area (Å²) in [5, 5.41) is 11.3. The van der Waals surface area contributed by atoms with Crippen molar-refractivity contribution in [1.82, 2.24) is 5.32 Å². The van der Waals surface area contributed by atoms with E-state index in [1.807, 2.05) is 24.3 Å². The van der Waals surface area contributed by atoms with Crippen molar-refractivity contribution >= 4 is 27.8 Å². The highest BCUT2D eigenvalue weighted by atomic mass is 79.9. The molecule has 0 fully saturated rings. The molecule has 4 nitrogen and oxygen atoms in total. The number of carboxylic acids is 1. The first-order valence-corrected chi connectivity index (χ1v) is 6.19. The zero-order valence-corrected chi connectivity index (χ0v) is 11.3. The molecule has 2 N–H and O–H groups in total. The SMILES string of the molecule is C=CCC(NC(=O)Cc1ccc(Br)cc1)C(=O)O. The van der Waals surface area contributed by atoms with Crippen LogP contribution in [0.1, 0.15) is 12.0 Å². The van der Waals surface area contributed by atoms with Crippen LogP contribution in [0, 0.1) is 0 Å². The Morgan fingerprint density at radius 1 is 1.39 bits per heavy atom. The van der Waals surface area contributed by atoms with E-state index >= 15 is 0 Å². The van der Waals surface area contributed by atoms with Gasteiger partial charge in [0.1, 0.15) is 6.04 Å². The molecule has 0 radical (unpaired) electrons. The molecule has 0 aliphatic rings. The maximum absolute atomic E-state index is 11.7. The number of rotatable bonds is 6. The summed E-state index contributed by atoms with van der Waals surface area (Å²) in [4.78, 5) is 22.5. The fourth-order valence-electron chi connectivity index (χ4n) is 1.42. The molecule has 0 aliphatic heterocycles. The number of benzene rings is 1. The summed E-state index contributed by atoms with van der Waals surface area (Å²) in [6.45, 7) is 3.46. The Morgan fingerprint density at radius 3 is 2.50 bits per heavy atom. The van der Waals surface area contributed by atoms with Crippen molar-refractivity contribution in [3.63, 3.8) is 0 Å². The van der Waals surface area contributed by atoms with Crippen LogP contribution in [0.25, 0.3) is 0 Å². The quantitative estimate of drug-likeness (QED) is 0.791. The van der Waals surface area contributed by atoms with E-state index in [0.717, 1.165) is 10.0 Å². The van der Waals surface area contributed by atoms with Crippen LogP contribution < -0.4 is 5.32 Å². The van der Waals surface area contributed by atoms with Crippen molar-refractivity contribution in [3.05, 3.63) is 47.0 Å². The zero-order valence-electron chi connectivity index (χ0n) is 9.73. The molecule has 0 aromatic heterocycles. The van der Waals surface area contributed by atoms with Gasteiger partial charge in [0.2, 0.25) is 5.91 Å². The van der Waals surface area contributed by atoms with Crippen LogP contribution in [0.15, 0.2) is 41.4 Å². The van der Waals surface area contributed by atoms with Gasteiger partial charge in [0, 0.05) is 4.47 Å². The molecule has 96 valence electrons. The second-order valence-corrected chi connectivity index (χ2v) is 4.70. The standard InChI is InChI=1S/C13H14BrNO3/c1-2-3-11(13(17)18)15-12(16)8-9-4-6-10(14)7-5-9/h2,4-7,11H,1,3,8H2,(H,15,16)(H,17,18). The molecular weight excluding hydrogens is 298 g/mol. The van der Waals surface area contributed by atoms with E-state index in [1.54, 1.807) is 0 Å². The van der Waals surface area contributed by atoms with Crippen LogP contribution in [-0.4, -0.2) is 23.0 Å². The molecule has 0 spiro atoms. The van der Waals surface area contributed by atoms with Gasteiger partial charge in [-0.2, -0.15) is 0 Å². The van der Waals surface area contributed by atoms with Crippen LogP contribution >= 0.6 is 15.9 Å². The number of carbonyl (C=O) groups is 2. The predicted octanol–water partition coefficient (Wildman–Crippen LogP) is 2.14. The van der Waals surface area contributed by atoms with Crippen molar-refractivity contribution in [1.29, 1.82) is 0 Å². The van der Waals surface area contributed by atoms with Crippen molar-refractivity contribution in [2.45, 2.75) is 18.9 Å². The Balaban J connectivity index is 2.57. The molecule has 0 saturated carbocycles. The first-order valence-electron chi connectivity index (χ1n) is 5.40. The number of nitrogens with one attached hydrogen (secondary N) is 1. The predicted molar refractivity (Wildman–Crippen MR) is 72.2 cm³/mol. The Bertz CT molecular complexity index is 442. The minimum absolute atomic E-state index is 0.161. The normalized spacial score (nSPS) is 11.6. The lowest BCUT2D eigenvalue weighted by molar-refractivity contribution is -0.141. The summed E-state index contributed by atoms with van der Waals surface area (Å²) in [5.74, 6) is -1.37. The Morgan fingerprint density at radius 2 is 2.00 bits per heavy atom. The van der Waals surface area contributed by atoms with Gasteiger partial charge in [-0.1, -0.05) is 34.1 Å². The van der Waals surface area contributed by atoms with E-state index in [0.29, 0.717) is 0 Å². The summed E-state index contributed by atoms with van der Waals surface area (Å²) in [6, 6.07) is 6.38. The van der Waals surface area contributed by atoms with Gasteiger partial charge in [-0.3, -0.25) is 4.79 Å². The van der Waals surface area contributed by atoms with Gasteiger partial charge >= 0.3 is 5.97 Å². The number of carboxylic acid groups (broad SMARTS) is 1. The summed E-state index contributed by atoms with van der Waals surface area (Å²) in [6.07, 6.45) is 1.84. The molecule has 0 aliphatic carbocycles. The van der Waals surface area contributed by atoms with E-state index in [2.05, 4.69) is 27.8 Å². The largest absolute Gasteiger partial charge is 0.480 e. The highest BCUT2D eigenvalue weighted by Crippen LogP contribution is 2.10. The third-order valence-corrected chi connectivity index (χ3v) is 2.84. The lowest BCUT2D eigenvalue weighted by Gasteiger charge is -2.12. The second-order valence-electron chi connectivity index (χ2n) is 3.79. The maximum Gasteiger partial charge on any atom is 0.326 e. The molecule has 1 unspecified atom stereocenters. The topological polar surface area (TPSA) is 66.4 Å². The average molecular weight is 312 g/mol. The Hall–Kier alpha value is -1.62. The number of amides is 1. The van der Waals surface area contributed by atoms with Crippen molar-refractivity contribution in [2.75, 3.05) is 0 Å². The van der Waals surface area contributed by atoms with Gasteiger partial charge in [-0.15, -0.1) is 6.58 Å². The van der Waals surface area contributed by atoms with Gasteiger partial charge in [-0.25, -0.2) is 4.79 Å². The van der Waals surface area contributed by atoms with Gasteiger partial charge in [0.05, 0.1) is 6.42 Å². The molecule has 0 bridgehead atoms. The van der Waals surface area contributed by atoms with E-state index in [1.165, 1.54) is 6.08 Å². The first-order chi connectivity index (χ1) is 8.52. The lowest BCUT2D eigenvalue weighted by Crippen LogP contribution is -2.41. The van der Waals surface area contributed by atoms with Crippen LogP contribution in [0.2, 0.25) is 0 Å². The molecule has 18 heavy (non-hydrogen) atoms. The molecular formula is C13H14BrNO3. The van der Waals surface area contributed by atoms with Crippen LogP contribution in [0.4, 0.5) is 0 Å². The average Bonchev–Trinajstić information content (AvgIpc) is 2.31. The second kappa shape index (κ2) is 6.96. The highest BCUT2D eigenvalue weighted by Gasteiger charge is 2.18. The monoisotopic (exact) mass is 311 g/mol. The molecule has 1 rings (SSSR count). The number of hydrogen-bond acceptors (Lipinski definition) is 2. The van der Waals surface area contributed by atoms with Gasteiger partial charge in [-0.05, 0) is 24.1 Å². The number of aliphatic carboxylic acids is 1. The third-order valence-electron chi connectivity index (χ3n) is 2.31. The number of halogens is 1. The van der Waals surface area contributed by atoms with E-state index in [4.69, 9.17) is 5.11 Å². The molecule has 1 amide bonds. The first kappa shape index (κ1) is 14.4. The van der Waals surface area contributed by atoms with Crippen molar-refractivity contribution < 1.29 is 14.7 Å². The molecule has 1 aromatic carbocycles. The fourth-order valence-corrected chi connectivity index (χ4v) is 1.69. The van der Waals surface area contributed by atoms with Gasteiger partial charge in [0.15, 0.2) is 0 Å². The summed E-state index contributed by atoms with van der Waals surface area (Å²) < 4.78 is 0.932. The molecule has 1 atom stereocenters. The third kappa shape index (κ3) is 4.71. The zero-order chi connectivity index (χ0) is 13.5. The van der Waals surface area contributed by atoms with Gasteiger partial charge in [0.25, 0.3) is 0 Å². The fraction of sp³-hybridized carbons (Fsp3) is 0.231. The van der Waals surface area contributed by atoms with Crippen LogP contribution in [0.5, 0.6) is 0 Å². The van der Waals surface area contributed by atoms with E-state index in [9.17, 15) is 9.59 Å². The lowest BCUT2D eigenvalue weighted by atomic mass is 10.1. The maximum atomic E-state index is 11.7. The molecule has 0 heterocycles. The molecule has 1 aromatic rings. The molecule has 0 saturated heterocycles. The Labute approximate surface area is 114 Å². The Kier molecular flexibility index (Phi) is 5.58. The highest BCUT2D eigenvalue weighted by molar-refractivity contribution is 9.10. The smallest absolute Gasteiger partial charge is 0.326 e. The van der Waals surface area contributed by atoms with Crippen molar-refractivity contribution in [3.8, 4) is 0 Å². The number of carbonyl (C=O) groups excluding carboxylic acids is 1. The van der Waals surface area contributed by atoms with E-state index in [-0.39, 0.29) is 18.7 Å². The number of hydrogen-bond donors (Lipinski definition) is 2. The summed E-state index contributed by atoms with van der Waals surface area (Å²) >= 11 is 3.30. The minimum Gasteiger partial charge on any atom is -0.480 e. The molecule has 5 heteroatoms. The van der Waals surface area contributed by atoms with Crippen LogP contribution in [-0.2, 0) is 16.0 Å².